The van der Waals surface area contributed by atoms with Crippen molar-refractivity contribution in [2.75, 3.05) is 0 Å². The first kappa shape index (κ1) is 23.9. The number of nitrogens with zero attached hydrogens (tertiary/aromatic N) is 6. The van der Waals surface area contributed by atoms with Crippen molar-refractivity contribution < 1.29 is 0 Å². The molecule has 0 fully saturated rings. The molecule has 1 N–H and O–H groups in total. The molecular weight excluding hydrogens is 450 g/mol. The average molecular weight is 480 g/mol. The third-order valence-corrected chi connectivity index (χ3v) is 6.34. The van der Waals surface area contributed by atoms with Gasteiger partial charge < -0.3 is 0 Å². The second kappa shape index (κ2) is 10.8. The molecule has 0 aliphatic carbocycles. The third kappa shape index (κ3) is 5.12. The Kier molecular flexibility index (Phi) is 7.57. The van der Waals surface area contributed by atoms with Gasteiger partial charge >= 0.3 is 5.69 Å². The molecule has 8 nitrogen and oxygen atoms in total. The Balaban J connectivity index is 1.63. The van der Waals surface area contributed by atoms with Crippen LogP contribution in [0.5, 0.6) is 0 Å². The fourth-order valence-electron chi connectivity index (χ4n) is 3.98. The van der Waals surface area contributed by atoms with E-state index in [-0.39, 0.29) is 5.69 Å². The summed E-state index contributed by atoms with van der Waals surface area (Å²) in [5, 5.41) is 14.9. The van der Waals surface area contributed by atoms with Gasteiger partial charge in [0, 0.05) is 23.9 Å². The molecule has 0 spiro atoms. The van der Waals surface area contributed by atoms with Crippen molar-refractivity contribution in [1.29, 1.82) is 0 Å². The molecule has 34 heavy (non-hydrogen) atoms. The van der Waals surface area contributed by atoms with Gasteiger partial charge in [-0.25, -0.2) is 4.79 Å². The van der Waals surface area contributed by atoms with Crippen LogP contribution < -0.4 is 5.69 Å². The van der Waals surface area contributed by atoms with Gasteiger partial charge in [0.2, 0.25) is 5.82 Å². The minimum atomic E-state index is -0.0371. The number of unbranched alkanes of at least 4 members (excludes halogenated alkanes) is 1. The van der Waals surface area contributed by atoms with Gasteiger partial charge in [-0.1, -0.05) is 63.1 Å². The Morgan fingerprint density at radius 2 is 1.91 bits per heavy atom. The quantitative estimate of drug-likeness (QED) is 0.346. The van der Waals surface area contributed by atoms with Crippen molar-refractivity contribution in [1.82, 2.24) is 34.7 Å². The summed E-state index contributed by atoms with van der Waals surface area (Å²) in [5.74, 6) is 0.999. The molecule has 0 unspecified atom stereocenters. The Hall–Kier alpha value is -3.26. The molecular formula is C25H30ClN7O. The summed E-state index contributed by atoms with van der Waals surface area (Å²) in [6.07, 6.45) is 5.49. The van der Waals surface area contributed by atoms with Crippen LogP contribution in [0.2, 0.25) is 5.15 Å². The lowest BCUT2D eigenvalue weighted by atomic mass is 10.0. The number of hydrogen-bond donors (Lipinski definition) is 1. The number of halogens is 1. The molecule has 9 heteroatoms. The van der Waals surface area contributed by atoms with Gasteiger partial charge in [0.05, 0.1) is 17.9 Å². The maximum absolute atomic E-state index is 13.3. The summed E-state index contributed by atoms with van der Waals surface area (Å²) >= 11 is 6.71. The second-order valence-electron chi connectivity index (χ2n) is 8.88. The van der Waals surface area contributed by atoms with Crippen LogP contribution >= 0.6 is 11.6 Å². The summed E-state index contributed by atoms with van der Waals surface area (Å²) in [4.78, 5) is 17.8. The largest absolute Gasteiger partial charge is 0.329 e. The van der Waals surface area contributed by atoms with Gasteiger partial charge in [-0.3, -0.25) is 14.1 Å². The molecule has 0 aliphatic heterocycles. The molecule has 3 heterocycles. The summed E-state index contributed by atoms with van der Waals surface area (Å²) in [6.45, 7) is 7.57. The average Bonchev–Trinajstić information content (AvgIpc) is 3.45. The van der Waals surface area contributed by atoms with Gasteiger partial charge in [-0.2, -0.15) is 5.21 Å². The SMILES string of the molecule is CCCCc1c(Cl)n(CCC(C)C)c(=O)n1Cc1ccc(-c2ncccc2-c2nn[nH]n2)cc1. The molecule has 0 bridgehead atoms. The maximum Gasteiger partial charge on any atom is 0.329 e. The molecule has 0 atom stereocenters. The van der Waals surface area contributed by atoms with Crippen LogP contribution in [0.15, 0.2) is 47.4 Å². The lowest BCUT2D eigenvalue weighted by molar-refractivity contribution is 0.503. The number of aromatic nitrogens is 7. The Labute approximate surface area is 204 Å². The van der Waals surface area contributed by atoms with Crippen molar-refractivity contribution in [3.8, 4) is 22.6 Å². The standard InChI is InChI=1S/C25H30ClN7O/c1-4-5-8-21-23(26)32(15-13-17(2)3)25(34)33(21)16-18-9-11-19(12-10-18)22-20(7-6-14-27-22)24-28-30-31-29-24/h6-7,9-12,14,17H,4-5,8,13,15-16H2,1-3H3,(H,28,29,30,31). The first-order chi connectivity index (χ1) is 16.5. The minimum absolute atomic E-state index is 0.0371. The molecule has 0 radical (unpaired) electrons. The van der Waals surface area contributed by atoms with Gasteiger partial charge in [-0.15, -0.1) is 10.2 Å². The zero-order valence-corrected chi connectivity index (χ0v) is 20.6. The van der Waals surface area contributed by atoms with E-state index in [2.05, 4.69) is 46.4 Å². The number of benzene rings is 1. The Bertz CT molecular complexity index is 1270. The lowest BCUT2D eigenvalue weighted by Gasteiger charge is -2.09. The van der Waals surface area contributed by atoms with E-state index in [0.29, 0.717) is 30.0 Å². The molecule has 0 amide bonds. The molecule has 1 aromatic carbocycles. The highest BCUT2D eigenvalue weighted by molar-refractivity contribution is 6.30. The van der Waals surface area contributed by atoms with Crippen molar-refractivity contribution in [2.45, 2.75) is 59.5 Å². The normalized spacial score (nSPS) is 11.4. The van der Waals surface area contributed by atoms with Gasteiger partial charge in [0.15, 0.2) is 0 Å². The van der Waals surface area contributed by atoms with E-state index in [9.17, 15) is 4.79 Å². The smallest absolute Gasteiger partial charge is 0.290 e. The zero-order chi connectivity index (χ0) is 24.1. The molecule has 178 valence electrons. The highest BCUT2D eigenvalue weighted by Crippen LogP contribution is 2.28. The second-order valence-corrected chi connectivity index (χ2v) is 9.23. The summed E-state index contributed by atoms with van der Waals surface area (Å²) in [5.41, 5.74) is 4.43. The van der Waals surface area contributed by atoms with Crippen LogP contribution in [-0.4, -0.2) is 34.7 Å². The molecule has 4 rings (SSSR count). The molecule has 4 aromatic rings. The maximum atomic E-state index is 13.3. The van der Waals surface area contributed by atoms with Crippen LogP contribution in [0, 0.1) is 5.92 Å². The number of nitrogens with one attached hydrogen (secondary N) is 1. The summed E-state index contributed by atoms with van der Waals surface area (Å²) < 4.78 is 3.56. The predicted octanol–water partition coefficient (Wildman–Crippen LogP) is 4.98. The van der Waals surface area contributed by atoms with Crippen molar-refractivity contribution in [3.63, 3.8) is 0 Å². The first-order valence-corrected chi connectivity index (χ1v) is 12.1. The number of H-pyrrole nitrogens is 1. The number of hydrogen-bond acceptors (Lipinski definition) is 5. The zero-order valence-electron chi connectivity index (χ0n) is 19.8. The van der Waals surface area contributed by atoms with Crippen LogP contribution in [0.1, 0.15) is 51.3 Å². The monoisotopic (exact) mass is 479 g/mol. The van der Waals surface area contributed by atoms with Crippen LogP contribution in [0.4, 0.5) is 0 Å². The van der Waals surface area contributed by atoms with Gasteiger partial charge in [0.1, 0.15) is 5.15 Å². The van der Waals surface area contributed by atoms with Gasteiger partial charge in [0.25, 0.3) is 0 Å². The molecule has 0 saturated carbocycles. The van der Waals surface area contributed by atoms with Crippen LogP contribution in [-0.2, 0) is 19.5 Å². The Morgan fingerprint density at radius 3 is 2.59 bits per heavy atom. The fraction of sp³-hybridized carbons (Fsp3) is 0.400. The molecule has 0 aliphatic rings. The van der Waals surface area contributed by atoms with E-state index in [1.165, 1.54) is 0 Å². The summed E-state index contributed by atoms with van der Waals surface area (Å²) in [7, 11) is 0. The molecule has 0 saturated heterocycles. The molecule has 3 aromatic heterocycles. The third-order valence-electron chi connectivity index (χ3n) is 5.92. The number of tetrazole rings is 1. The lowest BCUT2D eigenvalue weighted by Crippen LogP contribution is -2.26. The number of pyridine rings is 1. The van der Waals surface area contributed by atoms with Crippen molar-refractivity contribution in [3.05, 3.63) is 69.5 Å². The topological polar surface area (TPSA) is 94.3 Å². The number of rotatable bonds is 10. The first-order valence-electron chi connectivity index (χ1n) is 11.8. The van der Waals surface area contributed by atoms with Gasteiger partial charge in [-0.05, 0) is 48.1 Å². The van der Waals surface area contributed by atoms with E-state index in [0.717, 1.165) is 53.8 Å². The van der Waals surface area contributed by atoms with Crippen LogP contribution in [0.25, 0.3) is 22.6 Å². The van der Waals surface area contributed by atoms with E-state index in [1.54, 1.807) is 10.8 Å². The highest BCUT2D eigenvalue weighted by Gasteiger charge is 2.19. The van der Waals surface area contributed by atoms with E-state index < -0.39 is 0 Å². The van der Waals surface area contributed by atoms with E-state index in [1.807, 2.05) is 41.0 Å². The minimum Gasteiger partial charge on any atom is -0.290 e. The highest BCUT2D eigenvalue weighted by atomic mass is 35.5. The van der Waals surface area contributed by atoms with Crippen molar-refractivity contribution in [2.24, 2.45) is 5.92 Å². The van der Waals surface area contributed by atoms with Crippen LogP contribution in [0.3, 0.4) is 0 Å². The van der Waals surface area contributed by atoms with E-state index in [4.69, 9.17) is 11.6 Å². The fourth-order valence-corrected chi connectivity index (χ4v) is 4.33. The predicted molar refractivity (Wildman–Crippen MR) is 134 cm³/mol. The number of aromatic amines is 1. The Morgan fingerprint density at radius 1 is 1.12 bits per heavy atom. The number of imidazole rings is 1. The van der Waals surface area contributed by atoms with Crippen molar-refractivity contribution >= 4 is 11.6 Å². The van der Waals surface area contributed by atoms with E-state index >= 15 is 0 Å². The summed E-state index contributed by atoms with van der Waals surface area (Å²) in [6, 6.07) is 11.8.